The Bertz CT molecular complexity index is 1480. The fourth-order valence-corrected chi connectivity index (χ4v) is 7.89. The van der Waals surface area contributed by atoms with Gasteiger partial charge >= 0.3 is 5.97 Å². The summed E-state index contributed by atoms with van der Waals surface area (Å²) in [5.74, 6) is -3.43. The third kappa shape index (κ3) is 6.25. The van der Waals surface area contributed by atoms with Crippen molar-refractivity contribution in [1.29, 1.82) is 5.41 Å². The largest absolute Gasteiger partial charge is 0.480 e. The van der Waals surface area contributed by atoms with Crippen molar-refractivity contribution >= 4 is 53.2 Å². The Balaban J connectivity index is 1.46. The number of fused-ring (bicyclic) bond motifs is 3. The molecule has 3 fully saturated rings. The number of pyridine rings is 1. The van der Waals surface area contributed by atoms with Gasteiger partial charge in [-0.25, -0.2) is 9.37 Å². The predicted octanol–water partition coefficient (Wildman–Crippen LogP) is 5.00. The van der Waals surface area contributed by atoms with Crippen LogP contribution in [0.4, 0.5) is 10.2 Å². The molecule has 4 aliphatic rings. The SMILES string of the molecule is C=C(Cl)/C=C\C=C(/F)[C@H]1[C@H](C(=O)O)NC2(CCC(C)(CC/N=C(\OC=N)[C@@H]3CC[C@@H](N)CO3)CC2)C12C(=O)Nc1nc(Cl)ccc12. The number of aliphatic carboxylic acids is 1. The minimum atomic E-state index is -1.63. The highest BCUT2D eigenvalue weighted by Crippen LogP contribution is 2.62. The summed E-state index contributed by atoms with van der Waals surface area (Å²) in [6.07, 6.45) is 8.41. The van der Waals surface area contributed by atoms with E-state index >= 15 is 4.39 Å². The Labute approximate surface area is 277 Å². The molecule has 1 saturated carbocycles. The normalized spacial score (nSPS) is 34.6. The standard InChI is InChI=1S/C32H39Cl2FN6O5/c1-18(33)4-3-5-21(35)24-25(28(42)43)41-31(32(24)20-7-9-23(34)39-26(20)40-29(32)44)12-10-30(2,11-13-31)14-15-38-27(46-17-36)22-8-6-19(37)16-45-22/h3-5,7,9,17,19,22,24-25,36,41H,1,6,8,10-16,37H2,2H3,(H,42,43)(H,39,40,44)/b4-3-,21-5-,36-17?,38-27-/t19-,22+,24+,25-,30?,31?,32?/m1/s1. The summed E-state index contributed by atoms with van der Waals surface area (Å²) in [5, 5.41) is 24.2. The van der Waals surface area contributed by atoms with Crippen LogP contribution >= 0.6 is 23.2 Å². The fourth-order valence-electron chi connectivity index (χ4n) is 7.67. The number of halogens is 3. The summed E-state index contributed by atoms with van der Waals surface area (Å²) in [6, 6.07) is 1.73. The van der Waals surface area contributed by atoms with Crippen LogP contribution in [0.3, 0.4) is 0 Å². The van der Waals surface area contributed by atoms with Crippen molar-refractivity contribution in [2.45, 2.75) is 81.0 Å². The van der Waals surface area contributed by atoms with E-state index in [9.17, 15) is 14.7 Å². The van der Waals surface area contributed by atoms with Crippen LogP contribution in [0.1, 0.15) is 57.4 Å². The average molecular weight is 678 g/mol. The van der Waals surface area contributed by atoms with Gasteiger partial charge in [0, 0.05) is 28.7 Å². The van der Waals surface area contributed by atoms with Crippen LogP contribution in [-0.4, -0.2) is 71.1 Å². The Morgan fingerprint density at radius 1 is 1.35 bits per heavy atom. The van der Waals surface area contributed by atoms with Gasteiger partial charge < -0.3 is 25.6 Å². The van der Waals surface area contributed by atoms with Gasteiger partial charge in [0.1, 0.15) is 34.4 Å². The number of nitrogens with one attached hydrogen (secondary N) is 3. The summed E-state index contributed by atoms with van der Waals surface area (Å²) >= 11 is 12.0. The van der Waals surface area contributed by atoms with Gasteiger partial charge in [-0.15, -0.1) is 0 Å². The second-order valence-corrected chi connectivity index (χ2v) is 13.7. The first-order valence-corrected chi connectivity index (χ1v) is 16.1. The first-order valence-electron chi connectivity index (χ1n) is 15.3. The highest BCUT2D eigenvalue weighted by Gasteiger charge is 2.74. The molecule has 14 heteroatoms. The quantitative estimate of drug-likeness (QED) is 0.105. The molecule has 0 bridgehead atoms. The number of rotatable bonds is 9. The molecular formula is C32H39Cl2FN6O5. The Morgan fingerprint density at radius 2 is 2.09 bits per heavy atom. The van der Waals surface area contributed by atoms with E-state index in [1.807, 2.05) is 0 Å². The van der Waals surface area contributed by atoms with Gasteiger partial charge in [0.25, 0.3) is 0 Å². The molecule has 248 valence electrons. The first kappa shape index (κ1) is 34.2. The van der Waals surface area contributed by atoms with E-state index in [1.54, 1.807) is 6.07 Å². The summed E-state index contributed by atoms with van der Waals surface area (Å²) in [7, 11) is 0. The Morgan fingerprint density at radius 3 is 2.72 bits per heavy atom. The monoisotopic (exact) mass is 676 g/mol. The van der Waals surface area contributed by atoms with Gasteiger partial charge in [-0.1, -0.05) is 48.8 Å². The van der Waals surface area contributed by atoms with Crippen molar-refractivity contribution < 1.29 is 28.6 Å². The molecule has 1 amide bonds. The molecule has 3 aliphatic heterocycles. The number of anilines is 1. The van der Waals surface area contributed by atoms with E-state index in [0.29, 0.717) is 63.1 Å². The molecule has 5 rings (SSSR count). The number of carbonyl (C=O) groups excluding carboxylic acids is 1. The minimum Gasteiger partial charge on any atom is -0.480 e. The van der Waals surface area contributed by atoms with E-state index in [1.165, 1.54) is 18.2 Å². The number of hydrogen-bond acceptors (Lipinski definition) is 9. The number of allylic oxidation sites excluding steroid dienone is 4. The van der Waals surface area contributed by atoms with Gasteiger partial charge in [-0.2, -0.15) is 0 Å². The minimum absolute atomic E-state index is 0.0356. The van der Waals surface area contributed by atoms with Crippen molar-refractivity contribution in [3.63, 3.8) is 0 Å². The Kier molecular flexibility index (Phi) is 10.0. The maximum atomic E-state index is 16.3. The zero-order valence-electron chi connectivity index (χ0n) is 25.5. The summed E-state index contributed by atoms with van der Waals surface area (Å²) < 4.78 is 27.5. The first-order chi connectivity index (χ1) is 21.9. The lowest BCUT2D eigenvalue weighted by atomic mass is 9.53. The van der Waals surface area contributed by atoms with Crippen LogP contribution < -0.4 is 16.4 Å². The number of carboxylic acids is 1. The van der Waals surface area contributed by atoms with Crippen molar-refractivity contribution in [2.24, 2.45) is 22.1 Å². The molecule has 11 nitrogen and oxygen atoms in total. The number of carbonyl (C=O) groups is 2. The number of ether oxygens (including phenoxy) is 2. The van der Waals surface area contributed by atoms with Gasteiger partial charge in [0.05, 0.1) is 12.5 Å². The lowest BCUT2D eigenvalue weighted by Gasteiger charge is -2.50. The van der Waals surface area contributed by atoms with Crippen LogP contribution in [0.5, 0.6) is 0 Å². The number of hydrogen-bond donors (Lipinski definition) is 5. The van der Waals surface area contributed by atoms with Crippen LogP contribution in [0.2, 0.25) is 5.15 Å². The second-order valence-electron chi connectivity index (χ2n) is 12.8. The van der Waals surface area contributed by atoms with E-state index in [2.05, 4.69) is 34.1 Å². The molecule has 4 heterocycles. The average Bonchev–Trinajstić information content (AvgIpc) is 3.46. The van der Waals surface area contributed by atoms with Gasteiger partial charge in [0.15, 0.2) is 6.40 Å². The molecule has 5 atom stereocenters. The van der Waals surface area contributed by atoms with Gasteiger partial charge in [0.2, 0.25) is 11.8 Å². The number of amides is 1. The molecule has 2 spiro atoms. The topological polar surface area (TPSA) is 172 Å². The number of nitrogens with two attached hydrogens (primary N) is 1. The summed E-state index contributed by atoms with van der Waals surface area (Å²) in [4.78, 5) is 35.9. The molecule has 46 heavy (non-hydrogen) atoms. The van der Waals surface area contributed by atoms with Crippen molar-refractivity contribution in [2.75, 3.05) is 18.5 Å². The predicted molar refractivity (Wildman–Crippen MR) is 174 cm³/mol. The second kappa shape index (κ2) is 13.5. The maximum Gasteiger partial charge on any atom is 0.321 e. The molecule has 1 aromatic rings. The Hall–Kier alpha value is -3.16. The molecule has 2 saturated heterocycles. The van der Waals surface area contributed by atoms with E-state index < -0.39 is 40.6 Å². The third-order valence-corrected chi connectivity index (χ3v) is 10.4. The molecular weight excluding hydrogens is 638 g/mol. The lowest BCUT2D eigenvalue weighted by Crippen LogP contribution is -2.62. The third-order valence-electron chi connectivity index (χ3n) is 10.0. The van der Waals surface area contributed by atoms with Gasteiger partial charge in [-0.05, 0) is 68.6 Å². The van der Waals surface area contributed by atoms with E-state index in [4.69, 9.17) is 43.8 Å². The van der Waals surface area contributed by atoms with Crippen LogP contribution in [0, 0.1) is 16.7 Å². The molecule has 1 unspecified atom stereocenters. The zero-order valence-corrected chi connectivity index (χ0v) is 27.0. The van der Waals surface area contributed by atoms with Crippen LogP contribution in [-0.2, 0) is 24.5 Å². The van der Waals surface area contributed by atoms with E-state index in [0.717, 1.165) is 18.9 Å². The molecule has 6 N–H and O–H groups in total. The smallest absolute Gasteiger partial charge is 0.321 e. The van der Waals surface area contributed by atoms with Crippen molar-refractivity contribution in [1.82, 2.24) is 10.3 Å². The van der Waals surface area contributed by atoms with Crippen LogP contribution in [0.15, 0.2) is 52.8 Å². The number of aliphatic imine (C=N–C) groups is 1. The summed E-state index contributed by atoms with van der Waals surface area (Å²) in [5.41, 5.74) is 3.39. The van der Waals surface area contributed by atoms with Crippen LogP contribution in [0.25, 0.3) is 0 Å². The number of aromatic nitrogens is 1. The van der Waals surface area contributed by atoms with E-state index in [-0.39, 0.29) is 33.6 Å². The van der Waals surface area contributed by atoms with Crippen molar-refractivity contribution in [3.05, 3.63) is 58.5 Å². The zero-order chi connectivity index (χ0) is 33.3. The number of nitrogens with zero attached hydrogens (tertiary/aromatic N) is 2. The number of carboxylic acid groups (broad SMARTS) is 1. The van der Waals surface area contributed by atoms with Gasteiger partial charge in [-0.3, -0.25) is 25.3 Å². The molecule has 1 aromatic heterocycles. The highest BCUT2D eigenvalue weighted by molar-refractivity contribution is 6.30. The molecule has 0 radical (unpaired) electrons. The lowest BCUT2D eigenvalue weighted by molar-refractivity contribution is -0.140. The maximum absolute atomic E-state index is 16.3. The highest BCUT2D eigenvalue weighted by atomic mass is 35.5. The summed E-state index contributed by atoms with van der Waals surface area (Å²) in [6.45, 7) is 6.50. The molecule has 0 aromatic carbocycles. The van der Waals surface area contributed by atoms with Crippen molar-refractivity contribution in [3.8, 4) is 0 Å². The molecule has 1 aliphatic carbocycles. The fraction of sp³-hybridized carbons (Fsp3) is 0.531.